The van der Waals surface area contributed by atoms with E-state index in [4.69, 9.17) is 29.3 Å². The number of halogens is 3. The highest BCUT2D eigenvalue weighted by Gasteiger charge is 2.41. The van der Waals surface area contributed by atoms with E-state index in [1.165, 1.54) is 35.6 Å². The number of carboxylic acid groups (broad SMARTS) is 1. The number of amides is 3. The summed E-state index contributed by atoms with van der Waals surface area (Å²) in [7, 11) is -1.92. The maximum atomic E-state index is 14.2. The molecule has 0 radical (unpaired) electrons. The molecule has 2 aliphatic heterocycles. The van der Waals surface area contributed by atoms with Crippen LogP contribution in [0.4, 0.5) is 23.7 Å². The van der Waals surface area contributed by atoms with Crippen molar-refractivity contribution in [2.24, 2.45) is 5.73 Å². The van der Waals surface area contributed by atoms with Gasteiger partial charge in [0.25, 0.3) is 0 Å². The van der Waals surface area contributed by atoms with Gasteiger partial charge in [0.1, 0.15) is 35.0 Å². The third-order valence-electron chi connectivity index (χ3n) is 9.43. The van der Waals surface area contributed by atoms with E-state index in [2.05, 4.69) is 12.4 Å². The van der Waals surface area contributed by atoms with Crippen molar-refractivity contribution in [3.63, 3.8) is 0 Å². The van der Waals surface area contributed by atoms with Gasteiger partial charge in [-0.25, -0.2) is 4.79 Å². The van der Waals surface area contributed by atoms with Gasteiger partial charge >= 0.3 is 22.3 Å². The number of quaternary nitrogens is 1. The van der Waals surface area contributed by atoms with Gasteiger partial charge in [-0.3, -0.25) is 4.79 Å². The van der Waals surface area contributed by atoms with Crippen molar-refractivity contribution in [2.75, 3.05) is 32.2 Å². The molecule has 0 bridgehead atoms. The predicted octanol–water partition coefficient (Wildman–Crippen LogP) is 4.61. The predicted molar refractivity (Wildman–Crippen MR) is 200 cm³/mol. The van der Waals surface area contributed by atoms with Crippen LogP contribution in [-0.4, -0.2) is 86.0 Å². The van der Waals surface area contributed by atoms with Crippen LogP contribution >= 0.6 is 11.3 Å². The third kappa shape index (κ3) is 10.9. The zero-order valence-corrected chi connectivity index (χ0v) is 32.7. The summed E-state index contributed by atoms with van der Waals surface area (Å²) in [4.78, 5) is 38.5. The highest BCUT2D eigenvalue weighted by Crippen LogP contribution is 2.35. The Morgan fingerprint density at radius 3 is 2.28 bits per heavy atom. The van der Waals surface area contributed by atoms with E-state index < -0.39 is 40.2 Å². The number of urea groups is 1. The van der Waals surface area contributed by atoms with E-state index in [-0.39, 0.29) is 35.7 Å². The molecule has 6 rings (SSSR count). The lowest BCUT2D eigenvalue weighted by molar-refractivity contribution is -0.928. The van der Waals surface area contributed by atoms with Gasteiger partial charge in [0.05, 0.1) is 26.2 Å². The maximum Gasteiger partial charge on any atom is 0.430 e. The van der Waals surface area contributed by atoms with E-state index in [1.54, 1.807) is 48.4 Å². The molecule has 3 amide bonds. The smallest absolute Gasteiger partial charge is 0.430 e. The number of carbonyl (C=O) groups is 3. The second-order valence-electron chi connectivity index (χ2n) is 13.9. The molecule has 1 fully saturated rings. The standard InChI is InChI=1S/C36H40N4O8S2.C2HF3O2/c1-23-21-49-24(2)34(23)50(44,45)48-30-13-9-27(10-14-30)38-36(43)39(31(35(37)42)17-25-6-11-29(41)12-7-25)28-5-4-16-40(3,20-28)19-26-8-15-32-33(18-26)47-22-46-32;3-2(4,5)1(6)7/h6-15,18,21,28,31H,4-5,16-17,19-20,22H2,1-3H3,(H3-,37,38,41,42,43);(H,6,7)/t28-,31-,40?;/m0./s1. The summed E-state index contributed by atoms with van der Waals surface area (Å²) >= 11 is 1.34. The van der Waals surface area contributed by atoms with Crippen molar-refractivity contribution in [1.29, 1.82) is 0 Å². The van der Waals surface area contributed by atoms with Gasteiger partial charge in [-0.1, -0.05) is 12.1 Å². The zero-order chi connectivity index (χ0) is 41.7. The molecule has 1 aromatic heterocycles. The second kappa shape index (κ2) is 17.3. The fourth-order valence-electron chi connectivity index (χ4n) is 6.89. The number of phenols is 1. The van der Waals surface area contributed by atoms with Crippen LogP contribution in [-0.2, 0) is 32.7 Å². The van der Waals surface area contributed by atoms with Crippen molar-refractivity contribution in [3.05, 3.63) is 93.7 Å². The van der Waals surface area contributed by atoms with Gasteiger partial charge in [0.2, 0.25) is 12.7 Å². The quantitative estimate of drug-likeness (QED) is 0.142. The lowest BCUT2D eigenvalue weighted by Crippen LogP contribution is -2.62. The molecule has 0 spiro atoms. The Kier molecular flexibility index (Phi) is 12.9. The average Bonchev–Trinajstić information content (AvgIpc) is 3.74. The number of anilines is 1. The Morgan fingerprint density at radius 2 is 1.68 bits per heavy atom. The number of nitrogens with one attached hydrogen (secondary N) is 1. The summed E-state index contributed by atoms with van der Waals surface area (Å²) in [6, 6.07) is 16.6. The molecule has 4 N–H and O–H groups in total. The molecule has 2 aliphatic rings. The number of carbonyl (C=O) groups excluding carboxylic acids is 3. The molecule has 4 aromatic rings. The minimum absolute atomic E-state index is 0.0867. The molecule has 3 heterocycles. The number of nitrogens with two attached hydrogens (primary N) is 1. The number of aliphatic carboxylic acids is 1. The number of aromatic hydroxyl groups is 1. The Hall–Kier alpha value is -5.53. The summed E-state index contributed by atoms with van der Waals surface area (Å²) < 4.78 is 74.6. The number of likely N-dealkylation sites (tertiary alicyclic amines) is 1. The minimum atomic E-state index is -5.19. The van der Waals surface area contributed by atoms with Crippen LogP contribution in [0, 0.1) is 13.8 Å². The topological polar surface area (TPSA) is 198 Å². The number of carboxylic acids is 1. The first-order valence-corrected chi connectivity index (χ1v) is 19.8. The van der Waals surface area contributed by atoms with Crippen LogP contribution in [0.25, 0.3) is 0 Å². The van der Waals surface area contributed by atoms with E-state index in [0.29, 0.717) is 51.6 Å². The molecule has 3 aromatic carbocycles. The molecular formula is C38H41F3N4O10S2. The fraction of sp³-hybridized carbons (Fsp3) is 0.342. The van der Waals surface area contributed by atoms with Gasteiger partial charge in [-0.05, 0) is 97.8 Å². The Bertz CT molecular complexity index is 2180. The first-order valence-electron chi connectivity index (χ1n) is 17.5. The van der Waals surface area contributed by atoms with Crippen LogP contribution in [0.15, 0.2) is 77.0 Å². The fourth-order valence-corrected chi connectivity index (χ4v) is 9.41. The second-order valence-corrected chi connectivity index (χ2v) is 16.5. The van der Waals surface area contributed by atoms with E-state index in [9.17, 15) is 36.3 Å². The number of primary amides is 1. The maximum absolute atomic E-state index is 14.2. The molecule has 19 heteroatoms. The highest BCUT2D eigenvalue weighted by atomic mass is 32.2. The van der Waals surface area contributed by atoms with E-state index >= 15 is 0 Å². The summed E-state index contributed by atoms with van der Waals surface area (Å²) in [6.07, 6.45) is -3.57. The third-order valence-corrected chi connectivity index (χ3v) is 12.1. The lowest BCUT2D eigenvalue weighted by Gasteiger charge is -2.46. The van der Waals surface area contributed by atoms with Gasteiger partial charge in [0.15, 0.2) is 11.5 Å². The monoisotopic (exact) mass is 834 g/mol. The number of alkyl halides is 3. The summed E-state index contributed by atoms with van der Waals surface area (Å²) in [5.41, 5.74) is 8.82. The average molecular weight is 835 g/mol. The largest absolute Gasteiger partial charge is 0.542 e. The van der Waals surface area contributed by atoms with Crippen molar-refractivity contribution >= 4 is 45.0 Å². The zero-order valence-electron chi connectivity index (χ0n) is 31.1. The number of rotatable bonds is 11. The normalized spacial score (nSPS) is 18.1. The van der Waals surface area contributed by atoms with Gasteiger partial charge in [-0.15, -0.1) is 11.3 Å². The first kappa shape index (κ1) is 42.6. The molecule has 14 nitrogen and oxygen atoms in total. The number of phenolic OH excluding ortho intramolecular Hbond substituents is 1. The van der Waals surface area contributed by atoms with Crippen LogP contribution < -0.4 is 29.8 Å². The highest BCUT2D eigenvalue weighted by molar-refractivity contribution is 7.87. The minimum Gasteiger partial charge on any atom is -0.542 e. The molecule has 57 heavy (non-hydrogen) atoms. The molecular weight excluding hydrogens is 794 g/mol. The number of hydrogen-bond acceptors (Lipinski definition) is 11. The molecule has 1 saturated heterocycles. The van der Waals surface area contributed by atoms with Crippen LogP contribution in [0.1, 0.15) is 34.4 Å². The van der Waals surface area contributed by atoms with Crippen molar-refractivity contribution in [2.45, 2.75) is 62.8 Å². The number of likely N-dealkylation sites (N-methyl/N-ethyl adjacent to an activating group) is 1. The van der Waals surface area contributed by atoms with Crippen molar-refractivity contribution in [3.8, 4) is 23.0 Å². The molecule has 306 valence electrons. The summed E-state index contributed by atoms with van der Waals surface area (Å²) in [5.74, 6) is -2.07. The number of piperidine rings is 1. The Balaban J connectivity index is 0.000000811. The Labute approximate surface area is 330 Å². The molecule has 1 unspecified atom stereocenters. The van der Waals surface area contributed by atoms with E-state index in [0.717, 1.165) is 24.1 Å². The molecule has 0 saturated carbocycles. The number of fused-ring (bicyclic) bond motifs is 1. The van der Waals surface area contributed by atoms with Crippen molar-refractivity contribution < 1.29 is 64.3 Å². The summed E-state index contributed by atoms with van der Waals surface area (Å²) in [5, 5.41) is 23.3. The molecule has 0 aliphatic carbocycles. The number of aryl methyl sites for hydroxylation is 2. The van der Waals surface area contributed by atoms with Crippen LogP contribution in [0.5, 0.6) is 23.0 Å². The number of benzene rings is 3. The molecule has 3 atom stereocenters. The summed E-state index contributed by atoms with van der Waals surface area (Å²) in [6.45, 7) is 5.75. The number of ether oxygens (including phenoxy) is 2. The van der Waals surface area contributed by atoms with Gasteiger partial charge < -0.3 is 49.1 Å². The van der Waals surface area contributed by atoms with E-state index in [1.807, 2.05) is 18.2 Å². The number of hydrogen-bond donors (Lipinski definition) is 3. The van der Waals surface area contributed by atoms with Crippen molar-refractivity contribution in [1.82, 2.24) is 4.90 Å². The number of nitrogens with zero attached hydrogens (tertiary/aromatic N) is 2. The Morgan fingerprint density at radius 1 is 1.05 bits per heavy atom. The lowest BCUT2D eigenvalue weighted by atomic mass is 9.96. The first-order chi connectivity index (χ1) is 26.7. The van der Waals surface area contributed by atoms with Gasteiger partial charge in [-0.2, -0.15) is 21.6 Å². The van der Waals surface area contributed by atoms with Crippen LogP contribution in [0.3, 0.4) is 0 Å². The van der Waals surface area contributed by atoms with Crippen LogP contribution in [0.2, 0.25) is 0 Å². The SMILES string of the molecule is Cc1csc(C)c1S(=O)(=O)Oc1ccc(NC(=O)N([C@H]2CCC[N+](C)(Cc3ccc4c(c3)OCO4)C2)[C@@H](Cc2ccc(O)cc2)C(N)=O)cc1.O=C([O-])C(F)(F)F. The van der Waals surface area contributed by atoms with Gasteiger partial charge in [0, 0.05) is 22.5 Å². The number of thiophene rings is 1.